The number of ether oxygens (including phenoxy) is 1. The Morgan fingerprint density at radius 3 is 2.73 bits per heavy atom. The number of hydrogen-bond donors (Lipinski definition) is 0. The maximum absolute atomic E-state index is 13.1. The Morgan fingerprint density at radius 2 is 2.00 bits per heavy atom. The van der Waals surface area contributed by atoms with Crippen LogP contribution in [0.5, 0.6) is 0 Å². The highest BCUT2D eigenvalue weighted by molar-refractivity contribution is 5.99. The third-order valence-corrected chi connectivity index (χ3v) is 4.72. The smallest absolute Gasteiger partial charge is 0.361 e. The van der Waals surface area contributed by atoms with E-state index >= 15 is 0 Å². The Kier molecular flexibility index (Phi) is 4.94. The number of nitrogens with zero attached hydrogens (tertiary/aromatic N) is 4. The molecule has 0 radical (unpaired) electrons. The predicted molar refractivity (Wildman–Crippen MR) is 107 cm³/mol. The van der Waals surface area contributed by atoms with E-state index in [1.54, 1.807) is 20.8 Å². The van der Waals surface area contributed by atoms with Gasteiger partial charge in [-0.25, -0.2) is 9.78 Å². The summed E-state index contributed by atoms with van der Waals surface area (Å²) >= 11 is 0. The molecule has 0 fully saturated rings. The lowest BCUT2D eigenvalue weighted by atomic mass is 10.1. The summed E-state index contributed by atoms with van der Waals surface area (Å²) in [5, 5.41) is 3.66. The first-order valence-corrected chi connectivity index (χ1v) is 9.46. The van der Waals surface area contributed by atoms with Crippen molar-refractivity contribution in [3.8, 4) is 11.5 Å². The highest BCUT2D eigenvalue weighted by Crippen LogP contribution is 2.23. The Bertz CT molecular complexity index is 1310. The quantitative estimate of drug-likeness (QED) is 0.463. The second-order valence-electron chi connectivity index (χ2n) is 6.87. The molecule has 0 aliphatic rings. The number of oxazole rings is 1. The summed E-state index contributed by atoms with van der Waals surface area (Å²) < 4.78 is 17.3. The molecule has 0 spiro atoms. The van der Waals surface area contributed by atoms with Gasteiger partial charge in [0, 0.05) is 5.56 Å². The van der Waals surface area contributed by atoms with Gasteiger partial charge in [-0.05, 0) is 39.8 Å². The van der Waals surface area contributed by atoms with Gasteiger partial charge < -0.3 is 13.7 Å². The van der Waals surface area contributed by atoms with Crippen LogP contribution >= 0.6 is 0 Å². The minimum absolute atomic E-state index is 0.00544. The Labute approximate surface area is 171 Å². The molecular formula is C21H20N4O5. The molecule has 4 aromatic rings. The van der Waals surface area contributed by atoms with Gasteiger partial charge in [-0.1, -0.05) is 22.9 Å². The van der Waals surface area contributed by atoms with E-state index in [0.717, 1.165) is 11.1 Å². The molecule has 0 saturated carbocycles. The highest BCUT2D eigenvalue weighted by atomic mass is 16.5. The number of esters is 1. The average Bonchev–Trinajstić information content (AvgIpc) is 3.29. The highest BCUT2D eigenvalue weighted by Gasteiger charge is 2.24. The molecule has 1 aromatic carbocycles. The third kappa shape index (κ3) is 3.38. The van der Waals surface area contributed by atoms with E-state index in [2.05, 4.69) is 15.1 Å². The summed E-state index contributed by atoms with van der Waals surface area (Å²) in [6, 6.07) is 7.81. The monoisotopic (exact) mass is 408 g/mol. The average molecular weight is 408 g/mol. The maximum Gasteiger partial charge on any atom is 0.361 e. The summed E-state index contributed by atoms with van der Waals surface area (Å²) in [6.07, 6.45) is 0. The van der Waals surface area contributed by atoms with E-state index in [0.29, 0.717) is 23.2 Å². The van der Waals surface area contributed by atoms with Gasteiger partial charge in [0.25, 0.3) is 11.3 Å². The van der Waals surface area contributed by atoms with Gasteiger partial charge in [-0.15, -0.1) is 0 Å². The second-order valence-corrected chi connectivity index (χ2v) is 6.87. The molecule has 30 heavy (non-hydrogen) atoms. The van der Waals surface area contributed by atoms with Crippen molar-refractivity contribution in [3.63, 3.8) is 0 Å². The van der Waals surface area contributed by atoms with Gasteiger partial charge in [0.05, 0.1) is 13.2 Å². The van der Waals surface area contributed by atoms with Gasteiger partial charge >= 0.3 is 5.97 Å². The van der Waals surface area contributed by atoms with Crippen LogP contribution in [0.3, 0.4) is 0 Å². The molecule has 0 aliphatic carbocycles. The summed E-state index contributed by atoms with van der Waals surface area (Å²) in [5.74, 6) is 0.737. The van der Waals surface area contributed by atoms with Gasteiger partial charge in [-0.2, -0.15) is 4.98 Å². The van der Waals surface area contributed by atoms with Crippen molar-refractivity contribution in [2.75, 3.05) is 6.61 Å². The van der Waals surface area contributed by atoms with E-state index in [9.17, 15) is 9.59 Å². The second kappa shape index (κ2) is 7.58. The molecule has 3 aromatic heterocycles. The van der Waals surface area contributed by atoms with Crippen molar-refractivity contribution >= 4 is 17.1 Å². The van der Waals surface area contributed by atoms with Crippen molar-refractivity contribution in [3.05, 3.63) is 63.2 Å². The lowest BCUT2D eigenvalue weighted by molar-refractivity contribution is 0.0516. The zero-order valence-electron chi connectivity index (χ0n) is 17.1. The molecule has 9 nitrogen and oxygen atoms in total. The molecule has 0 N–H and O–H groups in total. The number of benzene rings is 1. The molecule has 4 rings (SSSR count). The molecule has 0 saturated heterocycles. The first-order chi connectivity index (χ1) is 14.4. The van der Waals surface area contributed by atoms with E-state index in [1.807, 2.05) is 31.2 Å². The number of aryl methyl sites for hydroxylation is 3. The fourth-order valence-electron chi connectivity index (χ4n) is 3.19. The van der Waals surface area contributed by atoms with E-state index in [4.69, 9.17) is 13.7 Å². The van der Waals surface area contributed by atoms with Crippen LogP contribution in [0.2, 0.25) is 0 Å². The summed E-state index contributed by atoms with van der Waals surface area (Å²) in [7, 11) is 0. The molecule has 0 atom stereocenters. The summed E-state index contributed by atoms with van der Waals surface area (Å²) in [5.41, 5.74) is 1.88. The molecule has 9 heteroatoms. The normalized spacial score (nSPS) is 11.2. The van der Waals surface area contributed by atoms with Crippen LogP contribution in [0.1, 0.15) is 40.3 Å². The fourth-order valence-corrected chi connectivity index (χ4v) is 3.19. The van der Waals surface area contributed by atoms with Crippen molar-refractivity contribution in [1.82, 2.24) is 19.7 Å². The molecular weight excluding hydrogens is 388 g/mol. The Balaban J connectivity index is 1.77. The van der Waals surface area contributed by atoms with E-state index in [-0.39, 0.29) is 29.9 Å². The van der Waals surface area contributed by atoms with Gasteiger partial charge in [0.15, 0.2) is 0 Å². The number of fused-ring (bicyclic) bond motifs is 1. The number of rotatable bonds is 5. The molecule has 154 valence electrons. The molecule has 3 heterocycles. The summed E-state index contributed by atoms with van der Waals surface area (Å²) in [4.78, 5) is 34.1. The first kappa shape index (κ1) is 19.6. The fraction of sp³-hybridized carbons (Fsp3) is 0.286. The lowest BCUT2D eigenvalue weighted by Crippen LogP contribution is -2.25. The van der Waals surface area contributed by atoms with E-state index < -0.39 is 11.5 Å². The van der Waals surface area contributed by atoms with Crippen LogP contribution in [0.4, 0.5) is 0 Å². The van der Waals surface area contributed by atoms with Gasteiger partial charge in [0.2, 0.25) is 11.6 Å². The van der Waals surface area contributed by atoms with Crippen LogP contribution in [-0.2, 0) is 11.3 Å². The predicted octanol–water partition coefficient (Wildman–Crippen LogP) is 3.19. The van der Waals surface area contributed by atoms with Crippen LogP contribution in [-0.4, -0.2) is 32.3 Å². The molecule has 0 bridgehead atoms. The van der Waals surface area contributed by atoms with Crippen molar-refractivity contribution in [2.24, 2.45) is 0 Å². The number of aromatic nitrogens is 4. The molecule has 0 aliphatic heterocycles. The molecule has 0 unspecified atom stereocenters. The first-order valence-electron chi connectivity index (χ1n) is 9.46. The zero-order valence-corrected chi connectivity index (χ0v) is 17.1. The Hall–Kier alpha value is -3.75. The molecule has 0 amide bonds. The largest absolute Gasteiger partial charge is 0.461 e. The van der Waals surface area contributed by atoms with Gasteiger partial charge in [0.1, 0.15) is 22.7 Å². The van der Waals surface area contributed by atoms with Crippen LogP contribution in [0, 0.1) is 20.8 Å². The van der Waals surface area contributed by atoms with Crippen molar-refractivity contribution in [1.29, 1.82) is 0 Å². The van der Waals surface area contributed by atoms with Crippen LogP contribution in [0.15, 0.2) is 38.0 Å². The minimum Gasteiger partial charge on any atom is -0.461 e. The lowest BCUT2D eigenvalue weighted by Gasteiger charge is -2.07. The van der Waals surface area contributed by atoms with Crippen LogP contribution in [0.25, 0.3) is 22.6 Å². The van der Waals surface area contributed by atoms with Crippen LogP contribution < -0.4 is 5.56 Å². The maximum atomic E-state index is 13.1. The standard InChI is InChI=1S/C21H20N4O5/c1-5-28-21(27)17-16-19(30-24-17)22-13(4)25(20(16)26)10-15-12(3)29-18(23-15)14-8-6-7-11(2)9-14/h6-9H,5,10H2,1-4H3. The van der Waals surface area contributed by atoms with Crippen molar-refractivity contribution < 1.29 is 18.5 Å². The van der Waals surface area contributed by atoms with Gasteiger partial charge in [-0.3, -0.25) is 9.36 Å². The third-order valence-electron chi connectivity index (χ3n) is 4.72. The van der Waals surface area contributed by atoms with E-state index in [1.165, 1.54) is 4.57 Å². The number of carbonyl (C=O) groups excluding carboxylic acids is 1. The Morgan fingerprint density at radius 1 is 1.20 bits per heavy atom. The van der Waals surface area contributed by atoms with Crippen molar-refractivity contribution in [2.45, 2.75) is 34.2 Å². The minimum atomic E-state index is -0.732. The number of carbonyl (C=O) groups is 1. The summed E-state index contributed by atoms with van der Waals surface area (Å²) in [6.45, 7) is 7.40. The topological polar surface area (TPSA) is 113 Å². The SMILES string of the molecule is CCOC(=O)c1noc2nc(C)n(Cc3nc(-c4cccc(C)c4)oc3C)c(=O)c12. The number of hydrogen-bond acceptors (Lipinski definition) is 8. The zero-order chi connectivity index (χ0) is 21.4.